The number of carbonyl (C=O) groups excluding carboxylic acids is 1. The van der Waals surface area contributed by atoms with E-state index in [1.165, 1.54) is 28.7 Å². The lowest BCUT2D eigenvalue weighted by Gasteiger charge is -2.35. The molecule has 2 saturated heterocycles. The van der Waals surface area contributed by atoms with Crippen LogP contribution < -0.4 is 4.90 Å². The summed E-state index contributed by atoms with van der Waals surface area (Å²) in [7, 11) is 0. The minimum atomic E-state index is 0.164. The second kappa shape index (κ2) is 7.57. The van der Waals surface area contributed by atoms with Crippen molar-refractivity contribution in [1.82, 2.24) is 19.8 Å². The standard InChI is InChI=1S/C20H27N5O2S/c1-14(26)24-5-7-25(8-6-24)19-18-15-3-2-4-16(15)28-20(18)22-17(21-19)13-23-9-11-27-12-10-23/h2-13H2,1H3. The summed E-state index contributed by atoms with van der Waals surface area (Å²) in [6.07, 6.45) is 3.55. The third-order valence-corrected chi connectivity index (χ3v) is 7.27. The van der Waals surface area contributed by atoms with Gasteiger partial charge >= 0.3 is 0 Å². The summed E-state index contributed by atoms with van der Waals surface area (Å²) in [5, 5.41) is 1.28. The van der Waals surface area contributed by atoms with Gasteiger partial charge < -0.3 is 14.5 Å². The fourth-order valence-corrected chi connectivity index (χ4v) is 5.79. The lowest BCUT2D eigenvalue weighted by atomic mass is 10.1. The number of amides is 1. The number of morpholine rings is 1. The fourth-order valence-electron chi connectivity index (χ4n) is 4.51. The summed E-state index contributed by atoms with van der Waals surface area (Å²) in [6.45, 7) is 9.11. The van der Waals surface area contributed by atoms with Gasteiger partial charge in [-0.15, -0.1) is 11.3 Å². The van der Waals surface area contributed by atoms with Crippen LogP contribution in [0, 0.1) is 0 Å². The zero-order valence-electron chi connectivity index (χ0n) is 16.4. The zero-order valence-corrected chi connectivity index (χ0v) is 17.3. The maximum absolute atomic E-state index is 11.7. The van der Waals surface area contributed by atoms with Crippen molar-refractivity contribution in [3.8, 4) is 0 Å². The lowest BCUT2D eigenvalue weighted by molar-refractivity contribution is -0.129. The minimum absolute atomic E-state index is 0.164. The van der Waals surface area contributed by atoms with Crippen molar-refractivity contribution in [3.63, 3.8) is 0 Å². The van der Waals surface area contributed by atoms with E-state index in [1.54, 1.807) is 6.92 Å². The molecule has 0 aromatic carbocycles. The van der Waals surface area contributed by atoms with E-state index in [2.05, 4.69) is 9.80 Å². The molecular weight excluding hydrogens is 374 g/mol. The Kier molecular flexibility index (Phi) is 4.94. The van der Waals surface area contributed by atoms with Gasteiger partial charge in [-0.3, -0.25) is 9.69 Å². The van der Waals surface area contributed by atoms with Gasteiger partial charge in [-0.25, -0.2) is 9.97 Å². The first-order valence-corrected chi connectivity index (χ1v) is 11.1. The average Bonchev–Trinajstić information content (AvgIpc) is 3.29. The molecule has 150 valence electrons. The monoisotopic (exact) mass is 401 g/mol. The number of ether oxygens (including phenoxy) is 1. The summed E-state index contributed by atoms with van der Waals surface area (Å²) in [5.74, 6) is 2.17. The molecule has 4 heterocycles. The van der Waals surface area contributed by atoms with Crippen molar-refractivity contribution < 1.29 is 9.53 Å². The predicted octanol–water partition coefficient (Wildman–Crippen LogP) is 1.68. The fraction of sp³-hybridized carbons (Fsp3) is 0.650. The molecule has 0 unspecified atom stereocenters. The van der Waals surface area contributed by atoms with Gasteiger partial charge in [0.1, 0.15) is 16.5 Å². The van der Waals surface area contributed by atoms with E-state index in [1.807, 2.05) is 16.2 Å². The average molecular weight is 402 g/mol. The number of fused-ring (bicyclic) bond motifs is 3. The molecule has 1 aliphatic carbocycles. The number of carbonyl (C=O) groups is 1. The van der Waals surface area contributed by atoms with E-state index in [0.717, 1.165) is 81.9 Å². The van der Waals surface area contributed by atoms with Gasteiger partial charge in [0.2, 0.25) is 5.91 Å². The smallest absolute Gasteiger partial charge is 0.219 e. The third kappa shape index (κ3) is 3.38. The molecule has 0 bridgehead atoms. The largest absolute Gasteiger partial charge is 0.379 e. The third-order valence-electron chi connectivity index (χ3n) is 6.09. The van der Waals surface area contributed by atoms with Gasteiger partial charge in [-0.2, -0.15) is 0 Å². The first kappa shape index (κ1) is 18.3. The van der Waals surface area contributed by atoms with Gasteiger partial charge in [0.15, 0.2) is 0 Å². The Hall–Kier alpha value is -1.77. The van der Waals surface area contributed by atoms with Crippen LogP contribution in [0.5, 0.6) is 0 Å². The summed E-state index contributed by atoms with van der Waals surface area (Å²) in [4.78, 5) is 31.1. The highest BCUT2D eigenvalue weighted by Crippen LogP contribution is 2.40. The number of aryl methyl sites for hydroxylation is 2. The molecule has 0 radical (unpaired) electrons. The normalized spacial score (nSPS) is 20.8. The SMILES string of the molecule is CC(=O)N1CCN(c2nc(CN3CCOCC3)nc3sc4c(c23)CCC4)CC1. The van der Waals surface area contributed by atoms with Crippen molar-refractivity contribution >= 4 is 33.3 Å². The zero-order chi connectivity index (χ0) is 19.1. The number of hydrogen-bond acceptors (Lipinski definition) is 7. The highest BCUT2D eigenvalue weighted by molar-refractivity contribution is 7.19. The van der Waals surface area contributed by atoms with Crippen LogP contribution in [0.2, 0.25) is 0 Å². The molecule has 0 saturated carbocycles. The van der Waals surface area contributed by atoms with Crippen LogP contribution in [-0.2, 0) is 28.9 Å². The molecule has 1 amide bonds. The highest BCUT2D eigenvalue weighted by atomic mass is 32.1. The van der Waals surface area contributed by atoms with E-state index >= 15 is 0 Å². The van der Waals surface area contributed by atoms with Crippen LogP contribution in [0.4, 0.5) is 5.82 Å². The Bertz CT molecular complexity index is 884. The first-order valence-electron chi connectivity index (χ1n) is 10.3. The molecule has 5 rings (SSSR count). The van der Waals surface area contributed by atoms with Crippen LogP contribution in [0.1, 0.15) is 29.6 Å². The van der Waals surface area contributed by atoms with Crippen LogP contribution in [0.3, 0.4) is 0 Å². The van der Waals surface area contributed by atoms with Crippen LogP contribution in [0.25, 0.3) is 10.2 Å². The van der Waals surface area contributed by atoms with Crippen LogP contribution in [0.15, 0.2) is 0 Å². The second-order valence-corrected chi connectivity index (χ2v) is 8.97. The van der Waals surface area contributed by atoms with Gasteiger partial charge in [0, 0.05) is 51.1 Å². The number of piperazine rings is 1. The minimum Gasteiger partial charge on any atom is -0.379 e. The Labute approximate surface area is 169 Å². The molecule has 7 nitrogen and oxygen atoms in total. The van der Waals surface area contributed by atoms with Crippen LogP contribution in [-0.4, -0.2) is 78.2 Å². The maximum Gasteiger partial charge on any atom is 0.219 e. The Morgan fingerprint density at radius 3 is 2.61 bits per heavy atom. The molecule has 0 N–H and O–H groups in total. The Morgan fingerprint density at radius 1 is 1.07 bits per heavy atom. The molecule has 2 aliphatic heterocycles. The molecule has 2 aromatic heterocycles. The molecule has 0 atom stereocenters. The number of aromatic nitrogens is 2. The number of anilines is 1. The molecular formula is C20H27N5O2S. The number of thiophene rings is 1. The number of nitrogens with zero attached hydrogens (tertiary/aromatic N) is 5. The molecule has 2 fully saturated rings. The van der Waals surface area contributed by atoms with Gasteiger partial charge in [-0.05, 0) is 24.8 Å². The van der Waals surface area contributed by atoms with Crippen molar-refractivity contribution in [2.75, 3.05) is 57.4 Å². The summed E-state index contributed by atoms with van der Waals surface area (Å²) in [6, 6.07) is 0. The van der Waals surface area contributed by atoms with Crippen molar-refractivity contribution in [3.05, 3.63) is 16.3 Å². The van der Waals surface area contributed by atoms with Crippen LogP contribution >= 0.6 is 11.3 Å². The summed E-state index contributed by atoms with van der Waals surface area (Å²) in [5.41, 5.74) is 1.47. The van der Waals surface area contributed by atoms with Crippen molar-refractivity contribution in [1.29, 1.82) is 0 Å². The maximum atomic E-state index is 11.7. The van der Waals surface area contributed by atoms with E-state index in [4.69, 9.17) is 14.7 Å². The topological polar surface area (TPSA) is 61.8 Å². The summed E-state index contributed by atoms with van der Waals surface area (Å²) < 4.78 is 5.48. The molecule has 3 aliphatic rings. The van der Waals surface area contributed by atoms with E-state index in [0.29, 0.717) is 0 Å². The second-order valence-electron chi connectivity index (χ2n) is 7.88. The van der Waals surface area contributed by atoms with E-state index in [9.17, 15) is 4.79 Å². The van der Waals surface area contributed by atoms with E-state index in [-0.39, 0.29) is 5.91 Å². The first-order chi connectivity index (χ1) is 13.7. The van der Waals surface area contributed by atoms with Crippen molar-refractivity contribution in [2.45, 2.75) is 32.7 Å². The molecule has 8 heteroatoms. The Morgan fingerprint density at radius 2 is 1.86 bits per heavy atom. The molecule has 28 heavy (non-hydrogen) atoms. The predicted molar refractivity (Wildman–Crippen MR) is 110 cm³/mol. The van der Waals surface area contributed by atoms with Gasteiger partial charge in [0.05, 0.1) is 25.1 Å². The van der Waals surface area contributed by atoms with Crippen molar-refractivity contribution in [2.24, 2.45) is 0 Å². The van der Waals surface area contributed by atoms with E-state index < -0.39 is 0 Å². The number of hydrogen-bond donors (Lipinski definition) is 0. The lowest BCUT2D eigenvalue weighted by Crippen LogP contribution is -2.48. The quantitative estimate of drug-likeness (QED) is 0.780. The van der Waals surface area contributed by atoms with Gasteiger partial charge in [-0.1, -0.05) is 0 Å². The molecule has 2 aromatic rings. The highest BCUT2D eigenvalue weighted by Gasteiger charge is 2.27. The molecule has 0 spiro atoms. The number of rotatable bonds is 3. The summed E-state index contributed by atoms with van der Waals surface area (Å²) >= 11 is 1.86. The Balaban J connectivity index is 1.49. The van der Waals surface area contributed by atoms with Gasteiger partial charge in [0.25, 0.3) is 0 Å².